The summed E-state index contributed by atoms with van der Waals surface area (Å²) in [6.45, 7) is 0.961. The molecule has 0 spiro atoms. The summed E-state index contributed by atoms with van der Waals surface area (Å²) >= 11 is 1.08. The van der Waals surface area contributed by atoms with E-state index in [2.05, 4.69) is 19.0 Å². The minimum atomic E-state index is -0.181. The summed E-state index contributed by atoms with van der Waals surface area (Å²) in [6, 6.07) is 1.67. The molecule has 84 valence electrons. The first kappa shape index (κ1) is 10.9. The monoisotopic (exact) mass is 238 g/mol. The highest BCUT2D eigenvalue weighted by atomic mass is 32.1. The summed E-state index contributed by atoms with van der Waals surface area (Å²) < 4.78 is 12.8. The molecular weight excluding hydrogens is 228 g/mol. The van der Waals surface area contributed by atoms with Gasteiger partial charge in [0.25, 0.3) is 5.91 Å². The number of hydrogen-bond acceptors (Lipinski definition) is 6. The van der Waals surface area contributed by atoms with Gasteiger partial charge in [0.2, 0.25) is 0 Å². The Hall–Kier alpha value is -1.60. The molecule has 2 heterocycles. The minimum Gasteiger partial charge on any atom is -0.383 e. The molecule has 0 aliphatic carbocycles. The Morgan fingerprint density at radius 2 is 2.44 bits per heavy atom. The lowest BCUT2D eigenvalue weighted by Gasteiger charge is -2.03. The van der Waals surface area contributed by atoms with E-state index in [-0.39, 0.29) is 5.91 Å². The second-order valence-electron chi connectivity index (χ2n) is 3.08. The standard InChI is InChI=1S/C9H10N4O2S/c1-15-3-2-10-9(14)6-4-7-8(11-5-6)13-16-12-7/h4-5H,2-3H2,1H3,(H,10,14). The fourth-order valence-corrected chi connectivity index (χ4v) is 1.66. The highest BCUT2D eigenvalue weighted by molar-refractivity contribution is 7.00. The van der Waals surface area contributed by atoms with Gasteiger partial charge >= 0.3 is 0 Å². The fraction of sp³-hybridized carbons (Fsp3) is 0.333. The first-order valence-electron chi connectivity index (χ1n) is 4.66. The van der Waals surface area contributed by atoms with Gasteiger partial charge < -0.3 is 10.1 Å². The molecule has 0 aliphatic heterocycles. The van der Waals surface area contributed by atoms with Crippen LogP contribution in [0.25, 0.3) is 11.2 Å². The van der Waals surface area contributed by atoms with Crippen LogP contribution in [0.1, 0.15) is 10.4 Å². The van der Waals surface area contributed by atoms with Gasteiger partial charge in [-0.1, -0.05) is 0 Å². The second kappa shape index (κ2) is 4.95. The molecule has 6 nitrogen and oxygen atoms in total. The van der Waals surface area contributed by atoms with Crippen LogP contribution in [0, 0.1) is 0 Å². The van der Waals surface area contributed by atoms with Crippen molar-refractivity contribution in [2.75, 3.05) is 20.3 Å². The van der Waals surface area contributed by atoms with Crippen LogP contribution >= 0.6 is 11.7 Å². The summed E-state index contributed by atoms with van der Waals surface area (Å²) in [4.78, 5) is 15.7. The molecule has 0 saturated heterocycles. The van der Waals surface area contributed by atoms with Gasteiger partial charge in [0.05, 0.1) is 23.9 Å². The van der Waals surface area contributed by atoms with E-state index in [1.165, 1.54) is 6.20 Å². The van der Waals surface area contributed by atoms with Crippen molar-refractivity contribution in [1.82, 2.24) is 19.0 Å². The molecule has 0 fully saturated rings. The molecule has 0 radical (unpaired) electrons. The number of carbonyl (C=O) groups is 1. The van der Waals surface area contributed by atoms with Crippen LogP contribution < -0.4 is 5.32 Å². The van der Waals surface area contributed by atoms with Gasteiger partial charge in [0, 0.05) is 19.9 Å². The van der Waals surface area contributed by atoms with Crippen LogP contribution in [0.15, 0.2) is 12.3 Å². The van der Waals surface area contributed by atoms with E-state index >= 15 is 0 Å². The van der Waals surface area contributed by atoms with Crippen molar-refractivity contribution in [3.8, 4) is 0 Å². The maximum Gasteiger partial charge on any atom is 0.253 e. The van der Waals surface area contributed by atoms with E-state index in [9.17, 15) is 4.79 Å². The van der Waals surface area contributed by atoms with Gasteiger partial charge in [-0.25, -0.2) is 4.98 Å². The lowest BCUT2D eigenvalue weighted by Crippen LogP contribution is -2.26. The molecule has 0 bridgehead atoms. The van der Waals surface area contributed by atoms with E-state index in [0.29, 0.717) is 29.9 Å². The normalized spacial score (nSPS) is 10.6. The number of rotatable bonds is 4. The Labute approximate surface area is 96.0 Å². The van der Waals surface area contributed by atoms with E-state index in [4.69, 9.17) is 4.74 Å². The lowest BCUT2D eigenvalue weighted by atomic mass is 10.2. The number of carbonyl (C=O) groups excluding carboxylic acids is 1. The van der Waals surface area contributed by atoms with Crippen LogP contribution in [-0.2, 0) is 4.74 Å². The third kappa shape index (κ3) is 2.31. The first-order chi connectivity index (χ1) is 7.81. The van der Waals surface area contributed by atoms with Crippen molar-refractivity contribution < 1.29 is 9.53 Å². The average molecular weight is 238 g/mol. The van der Waals surface area contributed by atoms with E-state index in [0.717, 1.165) is 11.7 Å². The summed E-state index contributed by atoms with van der Waals surface area (Å²) in [5.74, 6) is -0.181. The molecule has 1 N–H and O–H groups in total. The molecule has 2 aromatic rings. The quantitative estimate of drug-likeness (QED) is 0.783. The number of methoxy groups -OCH3 is 1. The van der Waals surface area contributed by atoms with Gasteiger partial charge in [0.15, 0.2) is 5.65 Å². The molecule has 2 rings (SSSR count). The number of nitrogens with zero attached hydrogens (tertiary/aromatic N) is 3. The maximum absolute atomic E-state index is 11.6. The minimum absolute atomic E-state index is 0.181. The van der Waals surface area contributed by atoms with Crippen molar-refractivity contribution >= 4 is 28.8 Å². The molecule has 0 unspecified atom stereocenters. The van der Waals surface area contributed by atoms with Crippen molar-refractivity contribution in [1.29, 1.82) is 0 Å². The molecule has 7 heteroatoms. The topological polar surface area (TPSA) is 77.0 Å². The smallest absolute Gasteiger partial charge is 0.253 e. The van der Waals surface area contributed by atoms with E-state index in [1.54, 1.807) is 13.2 Å². The molecule has 0 aliphatic rings. The van der Waals surface area contributed by atoms with Crippen molar-refractivity contribution in [2.45, 2.75) is 0 Å². The lowest BCUT2D eigenvalue weighted by molar-refractivity contribution is 0.0937. The van der Waals surface area contributed by atoms with Crippen LogP contribution in [0.2, 0.25) is 0 Å². The van der Waals surface area contributed by atoms with Gasteiger partial charge in [0.1, 0.15) is 5.52 Å². The van der Waals surface area contributed by atoms with E-state index in [1.807, 2.05) is 0 Å². The number of ether oxygens (including phenoxy) is 1. The zero-order valence-electron chi connectivity index (χ0n) is 8.64. The highest BCUT2D eigenvalue weighted by Crippen LogP contribution is 2.10. The van der Waals surface area contributed by atoms with Gasteiger partial charge in [-0.15, -0.1) is 0 Å². The molecule has 2 aromatic heterocycles. The predicted octanol–water partition coefficient (Wildman–Crippen LogP) is 0.462. The number of aromatic nitrogens is 3. The number of fused-ring (bicyclic) bond motifs is 1. The molecule has 0 aromatic carbocycles. The predicted molar refractivity (Wildman–Crippen MR) is 59.4 cm³/mol. The average Bonchev–Trinajstić information content (AvgIpc) is 2.76. The summed E-state index contributed by atoms with van der Waals surface area (Å²) in [7, 11) is 1.58. The Balaban J connectivity index is 2.10. The number of hydrogen-bond donors (Lipinski definition) is 1. The van der Waals surface area contributed by atoms with Crippen LogP contribution in [0.3, 0.4) is 0 Å². The van der Waals surface area contributed by atoms with Crippen LogP contribution in [0.5, 0.6) is 0 Å². The summed E-state index contributed by atoms with van der Waals surface area (Å²) in [5.41, 5.74) is 1.69. The van der Waals surface area contributed by atoms with Gasteiger partial charge in [-0.05, 0) is 6.07 Å². The highest BCUT2D eigenvalue weighted by Gasteiger charge is 2.08. The Kier molecular flexibility index (Phi) is 3.37. The molecule has 1 amide bonds. The van der Waals surface area contributed by atoms with Crippen molar-refractivity contribution in [3.63, 3.8) is 0 Å². The zero-order valence-corrected chi connectivity index (χ0v) is 9.45. The number of amides is 1. The summed E-state index contributed by atoms with van der Waals surface area (Å²) in [6.07, 6.45) is 1.49. The Morgan fingerprint density at radius 3 is 3.25 bits per heavy atom. The number of pyridine rings is 1. The van der Waals surface area contributed by atoms with Crippen molar-refractivity contribution in [2.24, 2.45) is 0 Å². The second-order valence-corrected chi connectivity index (χ2v) is 3.61. The Morgan fingerprint density at radius 1 is 1.56 bits per heavy atom. The van der Waals surface area contributed by atoms with Crippen LogP contribution in [-0.4, -0.2) is 39.9 Å². The van der Waals surface area contributed by atoms with Crippen LogP contribution in [0.4, 0.5) is 0 Å². The van der Waals surface area contributed by atoms with E-state index < -0.39 is 0 Å². The third-order valence-corrected chi connectivity index (χ3v) is 2.50. The fourth-order valence-electron chi connectivity index (χ4n) is 1.18. The molecule has 16 heavy (non-hydrogen) atoms. The largest absolute Gasteiger partial charge is 0.383 e. The molecule has 0 atom stereocenters. The molecule has 0 saturated carbocycles. The zero-order chi connectivity index (χ0) is 11.4. The molecular formula is C9H10N4O2S. The SMILES string of the molecule is COCCNC(=O)c1cnc2nsnc2c1. The maximum atomic E-state index is 11.6. The Bertz CT molecular complexity index is 499. The van der Waals surface area contributed by atoms with Gasteiger partial charge in [-0.2, -0.15) is 8.75 Å². The van der Waals surface area contributed by atoms with Crippen molar-refractivity contribution in [3.05, 3.63) is 17.8 Å². The summed E-state index contributed by atoms with van der Waals surface area (Å²) in [5, 5.41) is 2.71. The first-order valence-corrected chi connectivity index (χ1v) is 5.40. The van der Waals surface area contributed by atoms with Gasteiger partial charge in [-0.3, -0.25) is 4.79 Å². The number of nitrogens with one attached hydrogen (secondary N) is 1. The third-order valence-electron chi connectivity index (χ3n) is 1.97.